The fourth-order valence-electron chi connectivity index (χ4n) is 1.33. The van der Waals surface area contributed by atoms with Crippen LogP contribution in [0.4, 0.5) is 0 Å². The third kappa shape index (κ3) is 7.62. The first kappa shape index (κ1) is 19.7. The van der Waals surface area contributed by atoms with Crippen LogP contribution in [0.1, 0.15) is 40.2 Å². The van der Waals surface area contributed by atoms with E-state index in [0.29, 0.717) is 0 Å². The minimum absolute atomic E-state index is 0.0892. The molecular weight excluding hydrogens is 290 g/mol. The van der Waals surface area contributed by atoms with Crippen LogP contribution in [-0.2, 0) is 11.2 Å². The van der Waals surface area contributed by atoms with E-state index >= 15 is 0 Å². The van der Waals surface area contributed by atoms with Gasteiger partial charge < -0.3 is 5.32 Å². The molecule has 1 atom stereocenters. The van der Waals surface area contributed by atoms with Crippen LogP contribution in [0.2, 0.25) is 0 Å². The van der Waals surface area contributed by atoms with Crippen molar-refractivity contribution >= 4 is 21.7 Å². The van der Waals surface area contributed by atoms with Crippen molar-refractivity contribution in [3.05, 3.63) is 34.3 Å². The molecule has 0 aromatic heterocycles. The topological polar surface area (TPSA) is 29.1 Å². The van der Waals surface area contributed by atoms with Crippen molar-refractivity contribution in [3.8, 4) is 0 Å². The monoisotopic (exact) mass is 315 g/mol. The second kappa shape index (κ2) is 12.8. The summed E-state index contributed by atoms with van der Waals surface area (Å²) in [5.74, 6) is 0.170. The van der Waals surface area contributed by atoms with Gasteiger partial charge in [-0.05, 0) is 32.0 Å². The number of Topliss-reactive ketones (excluding diaryl/α,β-unsaturated/α-hetero) is 1. The van der Waals surface area contributed by atoms with Crippen molar-refractivity contribution in [3.63, 3.8) is 0 Å². The van der Waals surface area contributed by atoms with Gasteiger partial charge in [-0.1, -0.05) is 61.8 Å². The number of likely N-dealkylation sites (N-methyl/N-ethyl adjacent to an activating group) is 1. The number of hydrogen-bond donors (Lipinski definition) is 1. The van der Waals surface area contributed by atoms with Crippen LogP contribution >= 0.6 is 15.9 Å². The van der Waals surface area contributed by atoms with E-state index in [4.69, 9.17) is 0 Å². The zero-order chi connectivity index (χ0) is 14.6. The largest absolute Gasteiger partial charge is 0.310 e. The molecule has 0 bridgehead atoms. The lowest BCUT2D eigenvalue weighted by atomic mass is 10.0. The van der Waals surface area contributed by atoms with Crippen LogP contribution in [0.3, 0.4) is 0 Å². The number of benzene rings is 1. The Bertz CT molecular complexity index is 326. The second-order valence-corrected chi connectivity index (χ2v) is 4.10. The highest BCUT2D eigenvalue weighted by molar-refractivity contribution is 9.10. The van der Waals surface area contributed by atoms with Gasteiger partial charge in [0.05, 0.1) is 6.04 Å². The second-order valence-electron chi connectivity index (χ2n) is 3.25. The van der Waals surface area contributed by atoms with Crippen LogP contribution in [0, 0.1) is 0 Å². The van der Waals surface area contributed by atoms with E-state index in [1.165, 1.54) is 0 Å². The molecule has 2 nitrogen and oxygen atoms in total. The van der Waals surface area contributed by atoms with Gasteiger partial charge in [0, 0.05) is 4.47 Å². The van der Waals surface area contributed by atoms with Gasteiger partial charge in [-0.2, -0.15) is 0 Å². The molecule has 1 aromatic carbocycles. The van der Waals surface area contributed by atoms with E-state index in [-0.39, 0.29) is 11.8 Å². The molecule has 0 saturated carbocycles. The summed E-state index contributed by atoms with van der Waals surface area (Å²) in [6.45, 7) is 9.61. The summed E-state index contributed by atoms with van der Waals surface area (Å²) in [6.07, 6.45) is 0.729. The van der Waals surface area contributed by atoms with Crippen molar-refractivity contribution < 1.29 is 4.79 Å². The number of ketones is 1. The molecule has 0 aliphatic rings. The first-order valence-electron chi connectivity index (χ1n) is 6.56. The standard InChI is InChI=1S/C11H14BrNO.2C2H6/c1-8(14)11(13-2)7-9-5-3-4-6-10(9)12;2*1-2/h3-6,11,13H,7H2,1-2H3;2*1-2H3. The van der Waals surface area contributed by atoms with E-state index < -0.39 is 0 Å². The average Bonchev–Trinajstić information content (AvgIpc) is 2.42. The minimum atomic E-state index is -0.0892. The van der Waals surface area contributed by atoms with Crippen LogP contribution in [0.5, 0.6) is 0 Å². The van der Waals surface area contributed by atoms with Crippen molar-refractivity contribution in [1.29, 1.82) is 0 Å². The Balaban J connectivity index is 0. The van der Waals surface area contributed by atoms with Crippen LogP contribution in [0.25, 0.3) is 0 Å². The highest BCUT2D eigenvalue weighted by Crippen LogP contribution is 2.17. The van der Waals surface area contributed by atoms with Crippen molar-refractivity contribution in [1.82, 2.24) is 5.32 Å². The summed E-state index contributed by atoms with van der Waals surface area (Å²) in [6, 6.07) is 7.87. The molecule has 3 heteroatoms. The SMILES string of the molecule is CC.CC.CNC(Cc1ccccc1Br)C(C)=O. The van der Waals surface area contributed by atoms with Gasteiger partial charge in [0.25, 0.3) is 0 Å². The molecule has 0 saturated heterocycles. The molecule has 104 valence electrons. The van der Waals surface area contributed by atoms with E-state index in [2.05, 4.69) is 21.2 Å². The Labute approximate surface area is 120 Å². The maximum atomic E-state index is 11.2. The fourth-order valence-corrected chi connectivity index (χ4v) is 1.78. The Morgan fingerprint density at radius 1 is 1.22 bits per heavy atom. The van der Waals surface area contributed by atoms with Gasteiger partial charge in [-0.15, -0.1) is 0 Å². The van der Waals surface area contributed by atoms with E-state index in [0.717, 1.165) is 16.5 Å². The predicted molar refractivity (Wildman–Crippen MR) is 84.1 cm³/mol. The van der Waals surface area contributed by atoms with Gasteiger partial charge in [0.1, 0.15) is 5.78 Å². The number of halogens is 1. The molecule has 0 heterocycles. The molecule has 18 heavy (non-hydrogen) atoms. The number of carbonyl (C=O) groups excluding carboxylic acids is 1. The molecule has 0 aliphatic carbocycles. The van der Waals surface area contributed by atoms with Crippen molar-refractivity contribution in [2.75, 3.05) is 7.05 Å². The molecule has 0 aliphatic heterocycles. The minimum Gasteiger partial charge on any atom is -0.310 e. The Morgan fingerprint density at radius 2 is 1.72 bits per heavy atom. The van der Waals surface area contributed by atoms with Crippen molar-refractivity contribution in [2.24, 2.45) is 0 Å². The first-order valence-corrected chi connectivity index (χ1v) is 7.35. The Kier molecular flexibility index (Phi) is 14.0. The fraction of sp³-hybridized carbons (Fsp3) is 0.533. The molecule has 1 unspecified atom stereocenters. The average molecular weight is 316 g/mol. The molecule has 1 N–H and O–H groups in total. The van der Waals surface area contributed by atoms with Crippen molar-refractivity contribution in [2.45, 2.75) is 47.1 Å². The predicted octanol–water partition coefficient (Wildman–Crippen LogP) is 4.22. The third-order valence-corrected chi connectivity index (χ3v) is 2.99. The van der Waals surface area contributed by atoms with E-state index in [1.807, 2.05) is 59.0 Å². The maximum Gasteiger partial charge on any atom is 0.147 e. The highest BCUT2D eigenvalue weighted by Gasteiger charge is 2.13. The summed E-state index contributed by atoms with van der Waals surface area (Å²) < 4.78 is 1.06. The highest BCUT2D eigenvalue weighted by atomic mass is 79.9. The lowest BCUT2D eigenvalue weighted by molar-refractivity contribution is -0.118. The molecule has 0 spiro atoms. The van der Waals surface area contributed by atoms with Gasteiger partial charge in [-0.25, -0.2) is 0 Å². The summed E-state index contributed by atoms with van der Waals surface area (Å²) in [4.78, 5) is 11.2. The molecule has 1 rings (SSSR count). The van der Waals surface area contributed by atoms with Gasteiger partial charge in [-0.3, -0.25) is 4.79 Å². The van der Waals surface area contributed by atoms with E-state index in [1.54, 1.807) is 6.92 Å². The quantitative estimate of drug-likeness (QED) is 0.901. The zero-order valence-corrected chi connectivity index (χ0v) is 14.0. The lowest BCUT2D eigenvalue weighted by Crippen LogP contribution is -2.34. The molecule has 0 radical (unpaired) electrons. The normalized spacial score (nSPS) is 10.4. The number of hydrogen-bond acceptors (Lipinski definition) is 2. The van der Waals surface area contributed by atoms with Gasteiger partial charge >= 0.3 is 0 Å². The maximum absolute atomic E-state index is 11.2. The summed E-state index contributed by atoms with van der Waals surface area (Å²) >= 11 is 3.46. The summed E-state index contributed by atoms with van der Waals surface area (Å²) in [5, 5.41) is 3.01. The Morgan fingerprint density at radius 3 is 2.11 bits per heavy atom. The number of rotatable bonds is 4. The Hall–Kier alpha value is -0.670. The molecular formula is C15H26BrNO. The van der Waals surface area contributed by atoms with Gasteiger partial charge in [0.15, 0.2) is 0 Å². The molecule has 1 aromatic rings. The lowest BCUT2D eigenvalue weighted by Gasteiger charge is -2.13. The van der Waals surface area contributed by atoms with Crippen LogP contribution < -0.4 is 5.32 Å². The third-order valence-electron chi connectivity index (χ3n) is 2.22. The summed E-state index contributed by atoms with van der Waals surface area (Å²) in [5.41, 5.74) is 1.15. The first-order chi connectivity index (χ1) is 8.65. The summed E-state index contributed by atoms with van der Waals surface area (Å²) in [7, 11) is 1.81. The van der Waals surface area contributed by atoms with Gasteiger partial charge in [0.2, 0.25) is 0 Å². The molecule has 0 fully saturated rings. The van der Waals surface area contributed by atoms with Crippen LogP contribution in [0.15, 0.2) is 28.7 Å². The zero-order valence-electron chi connectivity index (χ0n) is 12.4. The number of carbonyl (C=O) groups is 1. The number of nitrogens with one attached hydrogen (secondary N) is 1. The van der Waals surface area contributed by atoms with E-state index in [9.17, 15) is 4.79 Å². The van der Waals surface area contributed by atoms with Crippen LogP contribution in [-0.4, -0.2) is 18.9 Å². The molecule has 0 amide bonds. The smallest absolute Gasteiger partial charge is 0.147 e.